The van der Waals surface area contributed by atoms with E-state index in [9.17, 15) is 22.8 Å². The van der Waals surface area contributed by atoms with E-state index >= 15 is 0 Å². The molecule has 1 fully saturated rings. The fourth-order valence-electron chi connectivity index (χ4n) is 5.28. The standard InChI is InChI=1S/C33H33F3N6O3S/c1-19(2)29-20(3)7-6-8-27(29)42-28(43)17-46-32(42)39-31(44)38-22(5)21(4)23-9-11-24(12-10-23)30-37-18-41(40-30)25-13-15-26(16-14-25)45-33(34,35)36/h6-16,18-19,21-22H,17H2,1-5H3,(H,38,44). The van der Waals surface area contributed by atoms with Gasteiger partial charge < -0.3 is 10.1 Å². The van der Waals surface area contributed by atoms with Crippen molar-refractivity contribution >= 4 is 34.6 Å². The summed E-state index contributed by atoms with van der Waals surface area (Å²) in [5.74, 6) is 0.334. The molecule has 3 aromatic carbocycles. The maximum Gasteiger partial charge on any atom is 0.573 e. The molecule has 0 bridgehead atoms. The number of carbonyl (C=O) groups is 2. The van der Waals surface area contributed by atoms with Crippen molar-refractivity contribution in [2.45, 2.75) is 58.9 Å². The lowest BCUT2D eigenvalue weighted by atomic mass is 9.93. The first-order valence-electron chi connectivity index (χ1n) is 14.6. The van der Waals surface area contributed by atoms with Crippen LogP contribution in [0, 0.1) is 6.92 Å². The summed E-state index contributed by atoms with van der Waals surface area (Å²) in [5, 5.41) is 7.75. The van der Waals surface area contributed by atoms with Crippen molar-refractivity contribution < 1.29 is 27.5 Å². The maximum absolute atomic E-state index is 13.0. The Morgan fingerprint density at radius 2 is 1.72 bits per heavy atom. The van der Waals surface area contributed by atoms with Crippen molar-refractivity contribution in [2.75, 3.05) is 10.7 Å². The number of nitrogens with zero attached hydrogens (tertiary/aromatic N) is 5. The first kappa shape index (κ1) is 32.7. The first-order chi connectivity index (χ1) is 21.8. The molecule has 0 saturated carbocycles. The number of urea groups is 1. The van der Waals surface area contributed by atoms with Crippen LogP contribution in [-0.4, -0.2) is 50.0 Å². The highest BCUT2D eigenvalue weighted by atomic mass is 32.2. The van der Waals surface area contributed by atoms with E-state index in [1.165, 1.54) is 47.0 Å². The zero-order chi connectivity index (χ0) is 33.2. The second kappa shape index (κ2) is 13.4. The number of amides is 3. The highest BCUT2D eigenvalue weighted by molar-refractivity contribution is 8.15. The SMILES string of the molecule is Cc1cccc(N2C(=O)CSC2=NC(=O)NC(C)C(C)c2ccc(-c3ncn(-c4ccc(OC(F)(F)F)cc4)n3)cc2)c1C(C)C. The summed E-state index contributed by atoms with van der Waals surface area (Å²) in [6.45, 7) is 10.0. The lowest BCUT2D eigenvalue weighted by Gasteiger charge is -2.24. The number of aromatic nitrogens is 3. The predicted octanol–water partition coefficient (Wildman–Crippen LogP) is 7.60. The van der Waals surface area contributed by atoms with Gasteiger partial charge in [-0.1, -0.05) is 68.9 Å². The summed E-state index contributed by atoms with van der Waals surface area (Å²) in [4.78, 5) is 36.1. The summed E-state index contributed by atoms with van der Waals surface area (Å²) >= 11 is 1.25. The number of aliphatic imine (C=N–C) groups is 1. The van der Waals surface area contributed by atoms with Gasteiger partial charge in [0.1, 0.15) is 12.1 Å². The number of aryl methyl sites for hydroxylation is 1. The monoisotopic (exact) mass is 650 g/mol. The Morgan fingerprint density at radius 1 is 1.02 bits per heavy atom. The Balaban J connectivity index is 1.24. The van der Waals surface area contributed by atoms with E-state index in [0.717, 1.165) is 27.9 Å². The van der Waals surface area contributed by atoms with Crippen molar-refractivity contribution in [3.05, 3.63) is 89.7 Å². The molecule has 9 nitrogen and oxygen atoms in total. The smallest absolute Gasteiger partial charge is 0.406 e. The zero-order valence-corrected chi connectivity index (χ0v) is 26.7. The fraction of sp³-hybridized carbons (Fsp3) is 0.303. The molecular weight excluding hydrogens is 617 g/mol. The van der Waals surface area contributed by atoms with Gasteiger partial charge in [-0.2, -0.15) is 4.99 Å². The molecule has 13 heteroatoms. The largest absolute Gasteiger partial charge is 0.573 e. The molecule has 3 amide bonds. The van der Waals surface area contributed by atoms with Crippen LogP contribution in [0.5, 0.6) is 5.75 Å². The van der Waals surface area contributed by atoms with E-state index in [-0.39, 0.29) is 35.3 Å². The van der Waals surface area contributed by atoms with E-state index in [1.54, 1.807) is 4.90 Å². The number of nitrogens with one attached hydrogen (secondary N) is 1. The molecule has 1 aromatic heterocycles. The molecule has 5 rings (SSSR count). The van der Waals surface area contributed by atoms with Gasteiger partial charge in [-0.15, -0.1) is 18.3 Å². The average Bonchev–Trinajstić information content (AvgIpc) is 3.63. The number of alkyl halides is 3. The normalized spacial score (nSPS) is 15.8. The highest BCUT2D eigenvalue weighted by Gasteiger charge is 2.33. The van der Waals surface area contributed by atoms with E-state index in [4.69, 9.17) is 0 Å². The zero-order valence-electron chi connectivity index (χ0n) is 25.9. The second-order valence-electron chi connectivity index (χ2n) is 11.3. The molecule has 240 valence electrons. The summed E-state index contributed by atoms with van der Waals surface area (Å²) in [5.41, 5.74) is 5.12. The lowest BCUT2D eigenvalue weighted by molar-refractivity contribution is -0.274. The van der Waals surface area contributed by atoms with Crippen molar-refractivity contribution in [2.24, 2.45) is 4.99 Å². The van der Waals surface area contributed by atoms with Crippen LogP contribution in [0.25, 0.3) is 17.1 Å². The molecule has 2 atom stereocenters. The number of ether oxygens (including phenoxy) is 1. The quantitative estimate of drug-likeness (QED) is 0.211. The molecule has 4 aromatic rings. The topological polar surface area (TPSA) is 102 Å². The van der Waals surface area contributed by atoms with Crippen molar-refractivity contribution in [1.29, 1.82) is 0 Å². The van der Waals surface area contributed by atoms with Crippen LogP contribution in [0.2, 0.25) is 0 Å². The summed E-state index contributed by atoms with van der Waals surface area (Å²) in [7, 11) is 0. The van der Waals surface area contributed by atoms with Crippen LogP contribution in [0.1, 0.15) is 56.2 Å². The van der Waals surface area contributed by atoms with Gasteiger partial charge in [0, 0.05) is 17.5 Å². The highest BCUT2D eigenvalue weighted by Crippen LogP contribution is 2.35. The third-order valence-electron chi connectivity index (χ3n) is 7.70. The second-order valence-corrected chi connectivity index (χ2v) is 12.2. The summed E-state index contributed by atoms with van der Waals surface area (Å²) < 4.78 is 42.7. The van der Waals surface area contributed by atoms with Crippen LogP contribution in [0.4, 0.5) is 23.7 Å². The number of benzene rings is 3. The molecule has 1 N–H and O–H groups in total. The Kier molecular flexibility index (Phi) is 9.52. The molecule has 2 unspecified atom stereocenters. The number of carbonyl (C=O) groups excluding carboxylic acids is 2. The number of amidine groups is 1. The third kappa shape index (κ3) is 7.41. The van der Waals surface area contributed by atoms with Crippen molar-refractivity contribution in [3.63, 3.8) is 0 Å². The van der Waals surface area contributed by atoms with Crippen LogP contribution >= 0.6 is 11.8 Å². The minimum atomic E-state index is -4.76. The van der Waals surface area contributed by atoms with Gasteiger partial charge in [0.2, 0.25) is 5.91 Å². The van der Waals surface area contributed by atoms with Gasteiger partial charge in [0.15, 0.2) is 11.0 Å². The molecule has 2 heterocycles. The molecule has 0 radical (unpaired) electrons. The molecule has 1 aliphatic heterocycles. The molecule has 1 aliphatic rings. The average molecular weight is 651 g/mol. The van der Waals surface area contributed by atoms with Gasteiger partial charge in [-0.3, -0.25) is 9.69 Å². The predicted molar refractivity (Wildman–Crippen MR) is 173 cm³/mol. The fourth-order valence-corrected chi connectivity index (χ4v) is 6.13. The molecule has 0 spiro atoms. The first-order valence-corrected chi connectivity index (χ1v) is 15.6. The molecular formula is C33H33F3N6O3S. The van der Waals surface area contributed by atoms with Crippen LogP contribution in [0.3, 0.4) is 0 Å². The maximum atomic E-state index is 13.0. The van der Waals surface area contributed by atoms with Crippen molar-refractivity contribution in [1.82, 2.24) is 20.1 Å². The van der Waals surface area contributed by atoms with E-state index in [0.29, 0.717) is 16.7 Å². The summed E-state index contributed by atoms with van der Waals surface area (Å²) in [6.07, 6.45) is -3.29. The Bertz CT molecular complexity index is 1750. The number of hydrogen-bond acceptors (Lipinski definition) is 6. The number of anilines is 1. The van der Waals surface area contributed by atoms with E-state index in [2.05, 4.69) is 39.0 Å². The molecule has 1 saturated heterocycles. The Labute approximate surface area is 268 Å². The van der Waals surface area contributed by atoms with Crippen LogP contribution in [-0.2, 0) is 4.79 Å². The van der Waals surface area contributed by atoms with Gasteiger partial charge in [-0.05, 0) is 66.8 Å². The third-order valence-corrected chi connectivity index (χ3v) is 8.63. The van der Waals surface area contributed by atoms with Crippen LogP contribution < -0.4 is 15.0 Å². The van der Waals surface area contributed by atoms with E-state index in [1.807, 2.05) is 63.2 Å². The van der Waals surface area contributed by atoms with Gasteiger partial charge >= 0.3 is 12.4 Å². The minimum Gasteiger partial charge on any atom is -0.406 e. The molecule has 0 aliphatic carbocycles. The van der Waals surface area contributed by atoms with Crippen molar-refractivity contribution in [3.8, 4) is 22.8 Å². The van der Waals surface area contributed by atoms with E-state index < -0.39 is 12.4 Å². The lowest BCUT2D eigenvalue weighted by Crippen LogP contribution is -2.36. The summed E-state index contributed by atoms with van der Waals surface area (Å²) in [6, 6.07) is 17.9. The minimum absolute atomic E-state index is 0.0700. The van der Waals surface area contributed by atoms with Gasteiger partial charge in [0.25, 0.3) is 0 Å². The van der Waals surface area contributed by atoms with Gasteiger partial charge in [-0.25, -0.2) is 14.5 Å². The number of rotatable bonds is 8. The number of thioether (sulfide) groups is 1. The number of hydrogen-bond donors (Lipinski definition) is 1. The molecule has 46 heavy (non-hydrogen) atoms. The van der Waals surface area contributed by atoms with Crippen LogP contribution in [0.15, 0.2) is 78.0 Å². The Hall–Kier alpha value is -4.65. The Morgan fingerprint density at radius 3 is 2.37 bits per heavy atom. The van der Waals surface area contributed by atoms with Gasteiger partial charge in [0.05, 0.1) is 17.1 Å². The number of halogens is 3.